The minimum atomic E-state index is -0.191. The molecular formula is C18H20N6O2S. The molecule has 0 saturated carbocycles. The number of fused-ring (bicyclic) bond motifs is 1. The Kier molecular flexibility index (Phi) is 5.60. The predicted octanol–water partition coefficient (Wildman–Crippen LogP) is 2.70. The van der Waals surface area contributed by atoms with E-state index in [0.29, 0.717) is 22.9 Å². The van der Waals surface area contributed by atoms with Crippen LogP contribution in [0.3, 0.4) is 0 Å². The Morgan fingerprint density at radius 2 is 2.19 bits per heavy atom. The number of anilines is 1. The lowest BCUT2D eigenvalue weighted by Crippen LogP contribution is -2.28. The van der Waals surface area contributed by atoms with E-state index < -0.39 is 0 Å². The Balaban J connectivity index is 2.00. The van der Waals surface area contributed by atoms with Crippen molar-refractivity contribution in [1.82, 2.24) is 14.9 Å². The number of aliphatic imine (C=N–C) groups is 2. The molecule has 2 aromatic heterocycles. The van der Waals surface area contributed by atoms with E-state index in [2.05, 4.69) is 20.0 Å². The molecule has 9 heteroatoms. The summed E-state index contributed by atoms with van der Waals surface area (Å²) in [7, 11) is 6.99. The molecule has 0 radical (unpaired) electrons. The average molecular weight is 384 g/mol. The Morgan fingerprint density at radius 3 is 2.89 bits per heavy atom. The predicted molar refractivity (Wildman–Crippen MR) is 109 cm³/mol. The number of nitrogens with zero attached hydrogens (tertiary/aromatic N) is 6. The zero-order valence-corrected chi connectivity index (χ0v) is 16.4. The summed E-state index contributed by atoms with van der Waals surface area (Å²) in [5.74, 6) is 1.07. The maximum atomic E-state index is 13.2. The molecule has 140 valence electrons. The van der Waals surface area contributed by atoms with Crippen LogP contribution in [0, 0.1) is 0 Å². The molecule has 8 nitrogen and oxygen atoms in total. The summed E-state index contributed by atoms with van der Waals surface area (Å²) < 4.78 is 5.14. The smallest absolute Gasteiger partial charge is 0.273 e. The van der Waals surface area contributed by atoms with E-state index in [1.165, 1.54) is 28.9 Å². The summed E-state index contributed by atoms with van der Waals surface area (Å²) in [6.45, 7) is 0. The van der Waals surface area contributed by atoms with Gasteiger partial charge in [-0.15, -0.1) is 11.3 Å². The molecule has 0 fully saturated rings. The number of hydrogen-bond donors (Lipinski definition) is 0. The molecule has 27 heavy (non-hydrogen) atoms. The number of hydrogen-bond acceptors (Lipinski definition) is 8. The van der Waals surface area contributed by atoms with E-state index in [-0.39, 0.29) is 5.91 Å². The number of thiophene rings is 1. The van der Waals surface area contributed by atoms with Crippen molar-refractivity contribution in [3.63, 3.8) is 0 Å². The van der Waals surface area contributed by atoms with Gasteiger partial charge in [-0.05, 0) is 12.1 Å². The van der Waals surface area contributed by atoms with Crippen molar-refractivity contribution in [1.29, 1.82) is 0 Å². The van der Waals surface area contributed by atoms with E-state index in [1.54, 1.807) is 26.4 Å². The number of amides is 1. The first-order valence-corrected chi connectivity index (χ1v) is 9.02. The third kappa shape index (κ3) is 3.87. The highest BCUT2D eigenvalue weighted by atomic mass is 32.1. The first kappa shape index (κ1) is 18.7. The lowest BCUT2D eigenvalue weighted by Gasteiger charge is -2.18. The van der Waals surface area contributed by atoms with Gasteiger partial charge in [-0.3, -0.25) is 14.7 Å². The molecule has 0 aliphatic carbocycles. The molecule has 0 N–H and O–H groups in total. The molecule has 2 aromatic rings. The zero-order chi connectivity index (χ0) is 19.4. The van der Waals surface area contributed by atoms with Gasteiger partial charge in [0.15, 0.2) is 0 Å². The molecule has 3 rings (SSSR count). The number of carbonyl (C=O) groups excluding carboxylic acids is 1. The van der Waals surface area contributed by atoms with E-state index >= 15 is 0 Å². The summed E-state index contributed by atoms with van der Waals surface area (Å²) in [6.07, 6.45) is 8.82. The lowest BCUT2D eigenvalue weighted by atomic mass is 10.2. The van der Waals surface area contributed by atoms with E-state index in [4.69, 9.17) is 4.74 Å². The second kappa shape index (κ2) is 8.09. The monoisotopic (exact) mass is 384 g/mol. The maximum absolute atomic E-state index is 13.2. The first-order valence-electron chi connectivity index (χ1n) is 8.20. The number of allylic oxidation sites excluding steroid dienone is 1. The first-order chi connectivity index (χ1) is 13.0. The second-order valence-electron chi connectivity index (χ2n) is 5.87. The molecule has 0 saturated heterocycles. The Morgan fingerprint density at radius 1 is 1.37 bits per heavy atom. The van der Waals surface area contributed by atoms with Crippen LogP contribution in [-0.4, -0.2) is 61.3 Å². The average Bonchev–Trinajstić information content (AvgIpc) is 2.96. The Hall–Kier alpha value is -3.07. The summed E-state index contributed by atoms with van der Waals surface area (Å²) in [5.41, 5.74) is 0.699. The molecule has 0 unspecified atom stereocenters. The second-order valence-corrected chi connectivity index (χ2v) is 6.90. The molecular weight excluding hydrogens is 364 g/mol. The number of methoxy groups -OCH3 is 1. The normalized spacial score (nSPS) is 14.1. The third-order valence-electron chi connectivity index (χ3n) is 3.84. The number of rotatable bonds is 4. The lowest BCUT2D eigenvalue weighted by molar-refractivity contribution is 0.0884. The minimum Gasteiger partial charge on any atom is -0.481 e. The molecule has 1 aliphatic rings. The van der Waals surface area contributed by atoms with Crippen molar-refractivity contribution in [2.45, 2.75) is 6.42 Å². The summed E-state index contributed by atoms with van der Waals surface area (Å²) in [5, 5.41) is 0.846. The largest absolute Gasteiger partial charge is 0.481 e. The van der Waals surface area contributed by atoms with Crippen LogP contribution >= 0.6 is 11.3 Å². The highest BCUT2D eigenvalue weighted by molar-refractivity contribution is 7.20. The molecule has 3 heterocycles. The molecule has 0 atom stereocenters. The zero-order valence-electron chi connectivity index (χ0n) is 15.6. The van der Waals surface area contributed by atoms with Gasteiger partial charge in [-0.2, -0.15) is 0 Å². The quantitative estimate of drug-likeness (QED) is 0.598. The van der Waals surface area contributed by atoms with Gasteiger partial charge in [0.1, 0.15) is 17.0 Å². The number of aromatic nitrogens is 2. The van der Waals surface area contributed by atoms with Gasteiger partial charge in [-0.25, -0.2) is 15.0 Å². The van der Waals surface area contributed by atoms with Crippen LogP contribution in [0.2, 0.25) is 0 Å². The van der Waals surface area contributed by atoms with Crippen LogP contribution in [-0.2, 0) is 4.74 Å². The van der Waals surface area contributed by atoms with E-state index in [0.717, 1.165) is 16.0 Å². The summed E-state index contributed by atoms with van der Waals surface area (Å²) in [6, 6.07) is 1.82. The van der Waals surface area contributed by atoms with Gasteiger partial charge in [0.2, 0.25) is 5.90 Å². The van der Waals surface area contributed by atoms with Gasteiger partial charge >= 0.3 is 0 Å². The summed E-state index contributed by atoms with van der Waals surface area (Å²) >= 11 is 1.33. The van der Waals surface area contributed by atoms with Gasteiger partial charge in [0.25, 0.3) is 5.91 Å². The Labute approximate surface area is 161 Å². The van der Waals surface area contributed by atoms with Crippen molar-refractivity contribution in [3.05, 3.63) is 41.3 Å². The van der Waals surface area contributed by atoms with Crippen LogP contribution in [0.4, 0.5) is 5.82 Å². The minimum absolute atomic E-state index is 0.191. The number of ether oxygens (including phenoxy) is 1. The molecule has 1 aliphatic heterocycles. The SMILES string of the molecule is CN=CN(C(=O)c1cc2c(N(C)C)ncnc2s1)C1=CN=C(OC)C=CC1. The van der Waals surface area contributed by atoms with Crippen molar-refractivity contribution < 1.29 is 9.53 Å². The molecule has 0 aromatic carbocycles. The molecule has 1 amide bonds. The van der Waals surface area contributed by atoms with Crippen molar-refractivity contribution in [2.24, 2.45) is 9.98 Å². The van der Waals surface area contributed by atoms with Gasteiger partial charge in [0, 0.05) is 33.3 Å². The molecule has 0 spiro atoms. The highest BCUT2D eigenvalue weighted by Gasteiger charge is 2.22. The van der Waals surface area contributed by atoms with Crippen molar-refractivity contribution in [2.75, 3.05) is 33.2 Å². The third-order valence-corrected chi connectivity index (χ3v) is 4.87. The fourth-order valence-electron chi connectivity index (χ4n) is 2.59. The Bertz CT molecular complexity index is 973. The topological polar surface area (TPSA) is 83.3 Å². The highest BCUT2D eigenvalue weighted by Crippen LogP contribution is 2.30. The van der Waals surface area contributed by atoms with Crippen LogP contribution in [0.5, 0.6) is 0 Å². The standard InChI is InChI=1S/C18H20N6O2S/c1-19-11-24(12-6-5-7-15(26-4)20-9-12)18(25)14-8-13-16(23(2)3)21-10-22-17(13)27-14/h5,7-11H,6H2,1-4H3. The fraction of sp³-hybridized carbons (Fsp3) is 0.278. The summed E-state index contributed by atoms with van der Waals surface area (Å²) in [4.78, 5) is 34.8. The van der Waals surface area contributed by atoms with E-state index in [9.17, 15) is 4.79 Å². The van der Waals surface area contributed by atoms with Gasteiger partial charge in [0.05, 0.1) is 29.9 Å². The van der Waals surface area contributed by atoms with Crippen molar-refractivity contribution >= 4 is 45.5 Å². The van der Waals surface area contributed by atoms with E-state index in [1.807, 2.05) is 31.1 Å². The fourth-order valence-corrected chi connectivity index (χ4v) is 3.52. The van der Waals surface area contributed by atoms with Crippen LogP contribution < -0.4 is 4.90 Å². The van der Waals surface area contributed by atoms with Crippen molar-refractivity contribution in [3.8, 4) is 0 Å². The maximum Gasteiger partial charge on any atom is 0.273 e. The van der Waals surface area contributed by atoms with Crippen LogP contribution in [0.15, 0.2) is 46.4 Å². The van der Waals surface area contributed by atoms with Gasteiger partial charge in [-0.1, -0.05) is 6.08 Å². The van der Waals surface area contributed by atoms with Gasteiger partial charge < -0.3 is 9.64 Å². The number of carbonyl (C=O) groups is 1. The van der Waals surface area contributed by atoms with Crippen LogP contribution in [0.1, 0.15) is 16.1 Å². The molecule has 0 bridgehead atoms. The van der Waals surface area contributed by atoms with Crippen LogP contribution in [0.25, 0.3) is 10.2 Å².